The molecular formula is C14H14I2. The molecule has 0 saturated carbocycles. The van der Waals surface area contributed by atoms with Crippen LogP contribution in [0.5, 0.6) is 0 Å². The van der Waals surface area contributed by atoms with Crippen LogP contribution in [0.4, 0.5) is 0 Å². The van der Waals surface area contributed by atoms with E-state index in [1.165, 1.54) is 11.1 Å². The van der Waals surface area contributed by atoms with Crippen LogP contribution < -0.4 is 0 Å². The molecule has 0 aliphatic heterocycles. The molecule has 0 amide bonds. The van der Waals surface area contributed by atoms with Crippen LogP contribution in [0, 0.1) is 21.0 Å². The minimum absolute atomic E-state index is 1.22. The molecule has 0 aliphatic rings. The Morgan fingerprint density at radius 2 is 1.12 bits per heavy atom. The van der Waals surface area contributed by atoms with Crippen LogP contribution in [0.1, 0.15) is 11.1 Å². The van der Waals surface area contributed by atoms with Gasteiger partial charge in [-0.1, -0.05) is 0 Å². The van der Waals surface area contributed by atoms with Crippen LogP contribution in [0.2, 0.25) is 0 Å². The molecule has 0 bridgehead atoms. The van der Waals surface area contributed by atoms with Crippen molar-refractivity contribution in [3.63, 3.8) is 0 Å². The average Bonchev–Trinajstić information content (AvgIpc) is 2.29. The number of hydrogen-bond donors (Lipinski definition) is 0. The maximum atomic E-state index is 2.68. The zero-order valence-electron chi connectivity index (χ0n) is 9.37. The SMILES string of the molecule is Cc1ccccc1I(I)c1ccccc1C. The summed E-state index contributed by atoms with van der Waals surface area (Å²) < 4.78 is 3.14. The molecule has 2 rings (SSSR count). The fourth-order valence-corrected chi connectivity index (χ4v) is 11.2. The van der Waals surface area contributed by atoms with Gasteiger partial charge in [0.1, 0.15) is 0 Å². The standard InChI is InChI=1S/C14H14I2/c1-11-7-3-5-9-13(11)16(15)14-10-6-4-8-12(14)2/h3-10H,1-2H3. The predicted molar refractivity (Wildman–Crippen MR) is 87.8 cm³/mol. The Bertz CT molecular complexity index is 446. The normalized spacial score (nSPS) is 11.3. The number of benzene rings is 2. The first-order valence-corrected chi connectivity index (χ1v) is 13.6. The van der Waals surface area contributed by atoms with Crippen molar-refractivity contribution >= 4 is 34.5 Å². The van der Waals surface area contributed by atoms with Gasteiger partial charge in [-0.25, -0.2) is 0 Å². The average molecular weight is 436 g/mol. The van der Waals surface area contributed by atoms with Gasteiger partial charge in [0.05, 0.1) is 0 Å². The topological polar surface area (TPSA) is 0 Å². The van der Waals surface area contributed by atoms with Crippen LogP contribution in [0.15, 0.2) is 48.5 Å². The van der Waals surface area contributed by atoms with E-state index in [1.807, 2.05) is 0 Å². The Morgan fingerprint density at radius 3 is 1.50 bits per heavy atom. The second kappa shape index (κ2) is 5.49. The van der Waals surface area contributed by atoms with Crippen molar-refractivity contribution in [3.8, 4) is 0 Å². The van der Waals surface area contributed by atoms with Crippen LogP contribution in [-0.2, 0) is 0 Å². The zero-order valence-corrected chi connectivity index (χ0v) is 13.7. The third kappa shape index (κ3) is 2.59. The van der Waals surface area contributed by atoms with E-state index in [1.54, 1.807) is 7.14 Å². The van der Waals surface area contributed by atoms with Gasteiger partial charge in [0.2, 0.25) is 0 Å². The summed E-state index contributed by atoms with van der Waals surface area (Å²) in [5.41, 5.74) is 2.87. The van der Waals surface area contributed by atoms with Crippen LogP contribution in [-0.4, -0.2) is 0 Å². The van der Waals surface area contributed by atoms with Crippen LogP contribution in [0.3, 0.4) is 0 Å². The Labute approximate surface area is 114 Å². The molecule has 0 heterocycles. The molecule has 0 radical (unpaired) electrons. The molecule has 2 aromatic carbocycles. The van der Waals surface area contributed by atoms with E-state index in [4.69, 9.17) is 0 Å². The summed E-state index contributed by atoms with van der Waals surface area (Å²) in [4.78, 5) is 0. The van der Waals surface area contributed by atoms with E-state index in [2.05, 4.69) is 81.0 Å². The summed E-state index contributed by atoms with van der Waals surface area (Å²) >= 11 is 1.47. The molecule has 0 spiro atoms. The van der Waals surface area contributed by atoms with Gasteiger partial charge in [0.15, 0.2) is 0 Å². The summed E-state index contributed by atoms with van der Waals surface area (Å²) in [6.07, 6.45) is 0. The van der Waals surface area contributed by atoms with Gasteiger partial charge in [-0.2, -0.15) is 0 Å². The number of aryl methyl sites for hydroxylation is 2. The van der Waals surface area contributed by atoms with Gasteiger partial charge in [0, 0.05) is 0 Å². The molecule has 0 saturated heterocycles. The zero-order chi connectivity index (χ0) is 11.5. The monoisotopic (exact) mass is 436 g/mol. The van der Waals surface area contributed by atoms with Gasteiger partial charge >= 0.3 is 115 Å². The van der Waals surface area contributed by atoms with E-state index in [0.717, 1.165) is 0 Å². The molecule has 2 aromatic rings. The molecule has 0 nitrogen and oxygen atoms in total. The Morgan fingerprint density at radius 1 is 0.750 bits per heavy atom. The first-order valence-electron chi connectivity index (χ1n) is 5.18. The summed E-state index contributed by atoms with van der Waals surface area (Å²) in [7, 11) is 0. The number of hydrogen-bond acceptors (Lipinski definition) is 0. The third-order valence-corrected chi connectivity index (χ3v) is 12.9. The molecular weight excluding hydrogens is 422 g/mol. The summed E-state index contributed by atoms with van der Waals surface area (Å²) in [5.74, 6) is 0. The predicted octanol–water partition coefficient (Wildman–Crippen LogP) is 5.20. The summed E-state index contributed by atoms with van der Waals surface area (Å²) in [6.45, 7) is 4.44. The Hall–Kier alpha value is -0.100. The van der Waals surface area contributed by atoms with Crippen LogP contribution in [0.25, 0.3) is 0 Å². The summed E-state index contributed by atoms with van der Waals surface area (Å²) in [6, 6.07) is 17.6. The molecule has 0 aromatic heterocycles. The minimum atomic E-state index is -1.22. The van der Waals surface area contributed by atoms with Gasteiger partial charge in [-0.05, 0) is 0 Å². The van der Waals surface area contributed by atoms with E-state index < -0.39 is 15.8 Å². The molecule has 0 atom stereocenters. The molecule has 16 heavy (non-hydrogen) atoms. The fourth-order valence-electron chi connectivity index (χ4n) is 1.58. The molecule has 84 valence electrons. The number of rotatable bonds is 2. The second-order valence-corrected chi connectivity index (χ2v) is 12.9. The van der Waals surface area contributed by atoms with Crippen molar-refractivity contribution in [1.29, 1.82) is 0 Å². The summed E-state index contributed by atoms with van der Waals surface area (Å²) in [5, 5.41) is 0. The van der Waals surface area contributed by atoms with Crippen LogP contribution >= 0.6 is 34.5 Å². The Balaban J connectivity index is 2.44. The Kier molecular flexibility index (Phi) is 4.24. The van der Waals surface area contributed by atoms with E-state index in [9.17, 15) is 0 Å². The maximum absolute atomic E-state index is 2.68. The fraction of sp³-hybridized carbons (Fsp3) is 0.143. The van der Waals surface area contributed by atoms with E-state index in [-0.39, 0.29) is 0 Å². The van der Waals surface area contributed by atoms with Crippen molar-refractivity contribution in [2.75, 3.05) is 0 Å². The third-order valence-electron chi connectivity index (χ3n) is 2.51. The van der Waals surface area contributed by atoms with Crippen molar-refractivity contribution in [3.05, 3.63) is 66.8 Å². The van der Waals surface area contributed by atoms with Crippen molar-refractivity contribution in [1.82, 2.24) is 0 Å². The second-order valence-electron chi connectivity index (χ2n) is 3.74. The van der Waals surface area contributed by atoms with Crippen molar-refractivity contribution in [2.24, 2.45) is 0 Å². The van der Waals surface area contributed by atoms with Crippen molar-refractivity contribution in [2.45, 2.75) is 13.8 Å². The van der Waals surface area contributed by atoms with E-state index >= 15 is 0 Å². The molecule has 0 N–H and O–H groups in total. The van der Waals surface area contributed by atoms with Gasteiger partial charge < -0.3 is 0 Å². The quantitative estimate of drug-likeness (QED) is 0.569. The molecule has 0 unspecified atom stereocenters. The van der Waals surface area contributed by atoms with Crippen molar-refractivity contribution < 1.29 is 0 Å². The van der Waals surface area contributed by atoms with Gasteiger partial charge in [-0.3, -0.25) is 0 Å². The van der Waals surface area contributed by atoms with Gasteiger partial charge in [0.25, 0.3) is 0 Å². The van der Waals surface area contributed by atoms with E-state index in [0.29, 0.717) is 0 Å². The first kappa shape index (κ1) is 12.4. The first-order chi connectivity index (χ1) is 7.70. The van der Waals surface area contributed by atoms with Gasteiger partial charge in [-0.15, -0.1) is 0 Å². The molecule has 0 fully saturated rings. The number of halogens is 2. The molecule has 2 heteroatoms. The molecule has 0 aliphatic carbocycles.